The summed E-state index contributed by atoms with van der Waals surface area (Å²) >= 11 is 0. The molecule has 2 saturated heterocycles. The monoisotopic (exact) mass is 217 g/mol. The summed E-state index contributed by atoms with van der Waals surface area (Å²) in [6.45, 7) is 1.10. The zero-order valence-corrected chi connectivity index (χ0v) is 8.56. The van der Waals surface area contributed by atoms with Crippen LogP contribution in [0.5, 0.6) is 0 Å². The minimum absolute atomic E-state index is 0.0603. The first-order valence-corrected chi connectivity index (χ1v) is 5.17. The highest BCUT2D eigenvalue weighted by molar-refractivity contribution is 5.83. The highest BCUT2D eigenvalue weighted by Gasteiger charge is 2.79. The van der Waals surface area contributed by atoms with E-state index in [0.717, 1.165) is 6.54 Å². The summed E-state index contributed by atoms with van der Waals surface area (Å²) in [5, 5.41) is 0. The molecule has 5 heteroatoms. The predicted molar refractivity (Wildman–Crippen MR) is 47.6 cm³/mol. The molecule has 1 saturated carbocycles. The van der Waals surface area contributed by atoms with Crippen molar-refractivity contribution in [3.05, 3.63) is 0 Å². The topological polar surface area (TPSA) is 29.5 Å². The number of hydrogen-bond acceptors (Lipinski definition) is 3. The number of methoxy groups -OCH3 is 1. The molecule has 2 heterocycles. The third-order valence-corrected chi connectivity index (χ3v) is 4.30. The third kappa shape index (κ3) is 0.904. The van der Waals surface area contributed by atoms with E-state index in [-0.39, 0.29) is 18.8 Å². The van der Waals surface area contributed by atoms with Crippen LogP contribution in [0.2, 0.25) is 0 Å². The Hall–Kier alpha value is -0.710. The van der Waals surface area contributed by atoms with Crippen molar-refractivity contribution in [1.82, 2.24) is 4.90 Å². The minimum atomic E-state index is -2.56. The number of carbonyl (C=O) groups is 1. The van der Waals surface area contributed by atoms with Crippen molar-refractivity contribution in [3.8, 4) is 0 Å². The van der Waals surface area contributed by atoms with Gasteiger partial charge in [0, 0.05) is 19.5 Å². The van der Waals surface area contributed by atoms with Crippen molar-refractivity contribution in [1.29, 1.82) is 0 Å². The molecule has 84 valence electrons. The van der Waals surface area contributed by atoms with Gasteiger partial charge in [0.15, 0.2) is 0 Å². The zero-order chi connectivity index (χ0) is 10.9. The van der Waals surface area contributed by atoms with Crippen molar-refractivity contribution in [2.24, 2.45) is 5.41 Å². The summed E-state index contributed by atoms with van der Waals surface area (Å²) in [7, 11) is 1.32. The van der Waals surface area contributed by atoms with E-state index in [1.54, 1.807) is 0 Å². The van der Waals surface area contributed by atoms with Gasteiger partial charge in [-0.25, -0.2) is 8.78 Å². The van der Waals surface area contributed by atoms with Crippen molar-refractivity contribution in [2.75, 3.05) is 20.2 Å². The standard InChI is InChI=1S/C10H13F2NO2/c1-15-7(14)9-2-3-13(9)6-8(4-9)5-10(8,11)12/h2-6H2,1H3/t8-,9-/m0/s1. The number of halogens is 2. The van der Waals surface area contributed by atoms with Gasteiger partial charge < -0.3 is 4.74 Å². The van der Waals surface area contributed by atoms with Crippen LogP contribution in [0.15, 0.2) is 0 Å². The maximum Gasteiger partial charge on any atom is 0.326 e. The molecule has 3 aliphatic rings. The van der Waals surface area contributed by atoms with Crippen LogP contribution >= 0.6 is 0 Å². The van der Waals surface area contributed by atoms with E-state index in [2.05, 4.69) is 0 Å². The maximum atomic E-state index is 13.2. The fourth-order valence-electron chi connectivity index (χ4n) is 3.19. The quantitative estimate of drug-likeness (QED) is 0.614. The number of fused-ring (bicyclic) bond motifs is 1. The highest BCUT2D eigenvalue weighted by Crippen LogP contribution is 2.70. The van der Waals surface area contributed by atoms with E-state index in [0.29, 0.717) is 13.0 Å². The summed E-state index contributed by atoms with van der Waals surface area (Å²) in [4.78, 5) is 13.5. The molecule has 3 nitrogen and oxygen atoms in total. The number of hydrogen-bond donors (Lipinski definition) is 0. The molecular weight excluding hydrogens is 204 g/mol. The van der Waals surface area contributed by atoms with Crippen LogP contribution in [0.1, 0.15) is 19.3 Å². The van der Waals surface area contributed by atoms with Crippen LogP contribution in [0.3, 0.4) is 0 Å². The second kappa shape index (κ2) is 2.34. The molecule has 2 aliphatic heterocycles. The Balaban J connectivity index is 1.87. The van der Waals surface area contributed by atoms with Crippen LogP contribution in [0, 0.1) is 5.41 Å². The number of carbonyl (C=O) groups excluding carboxylic acids is 1. The lowest BCUT2D eigenvalue weighted by atomic mass is 9.82. The van der Waals surface area contributed by atoms with Crippen molar-refractivity contribution < 1.29 is 18.3 Å². The smallest absolute Gasteiger partial charge is 0.326 e. The largest absolute Gasteiger partial charge is 0.468 e. The van der Waals surface area contributed by atoms with Gasteiger partial charge >= 0.3 is 5.97 Å². The fraction of sp³-hybridized carbons (Fsp3) is 0.900. The van der Waals surface area contributed by atoms with Gasteiger partial charge in [-0.15, -0.1) is 0 Å². The number of esters is 1. The van der Waals surface area contributed by atoms with Gasteiger partial charge in [-0.1, -0.05) is 0 Å². The van der Waals surface area contributed by atoms with E-state index in [9.17, 15) is 13.6 Å². The van der Waals surface area contributed by atoms with E-state index in [1.807, 2.05) is 4.90 Å². The zero-order valence-electron chi connectivity index (χ0n) is 8.56. The number of nitrogens with zero attached hydrogens (tertiary/aromatic N) is 1. The molecule has 0 aromatic heterocycles. The Morgan fingerprint density at radius 2 is 2.07 bits per heavy atom. The van der Waals surface area contributed by atoms with Gasteiger partial charge in [0.2, 0.25) is 0 Å². The fourth-order valence-corrected chi connectivity index (χ4v) is 3.19. The lowest BCUT2D eigenvalue weighted by Crippen LogP contribution is -2.61. The summed E-state index contributed by atoms with van der Waals surface area (Å²) in [6, 6.07) is 0. The maximum absolute atomic E-state index is 13.2. The molecule has 0 radical (unpaired) electrons. The molecule has 0 N–H and O–H groups in total. The molecule has 3 rings (SSSR count). The molecule has 1 aliphatic carbocycles. The molecule has 0 aromatic carbocycles. The lowest BCUT2D eigenvalue weighted by molar-refractivity contribution is -0.161. The molecule has 1 spiro atoms. The molecule has 0 aromatic rings. The molecule has 0 bridgehead atoms. The first-order chi connectivity index (χ1) is 6.96. The third-order valence-electron chi connectivity index (χ3n) is 4.30. The molecule has 0 unspecified atom stereocenters. The van der Waals surface area contributed by atoms with Crippen LogP contribution in [-0.4, -0.2) is 42.5 Å². The van der Waals surface area contributed by atoms with Gasteiger partial charge in [0.25, 0.3) is 5.92 Å². The van der Waals surface area contributed by atoms with E-state index >= 15 is 0 Å². The van der Waals surface area contributed by atoms with Gasteiger partial charge in [0.1, 0.15) is 5.54 Å². The van der Waals surface area contributed by atoms with Crippen molar-refractivity contribution >= 4 is 5.97 Å². The number of rotatable bonds is 1. The Bertz CT molecular complexity index is 346. The van der Waals surface area contributed by atoms with Gasteiger partial charge in [-0.05, 0) is 12.8 Å². The Kier molecular flexibility index (Phi) is 1.48. The molecular formula is C10H13F2NO2. The first-order valence-electron chi connectivity index (χ1n) is 5.17. The second-order valence-corrected chi connectivity index (χ2v) is 5.03. The Morgan fingerprint density at radius 3 is 2.47 bits per heavy atom. The minimum Gasteiger partial charge on any atom is -0.468 e. The molecule has 2 atom stereocenters. The average Bonchev–Trinajstić information content (AvgIpc) is 2.61. The van der Waals surface area contributed by atoms with Gasteiger partial charge in [-0.2, -0.15) is 0 Å². The van der Waals surface area contributed by atoms with E-state index in [1.165, 1.54) is 7.11 Å². The molecule has 15 heavy (non-hydrogen) atoms. The van der Waals surface area contributed by atoms with Gasteiger partial charge in [-0.3, -0.25) is 9.69 Å². The summed E-state index contributed by atoms with van der Waals surface area (Å²) in [5.41, 5.74) is -1.63. The Morgan fingerprint density at radius 1 is 1.40 bits per heavy atom. The first kappa shape index (κ1) is 9.51. The molecule has 0 amide bonds. The van der Waals surface area contributed by atoms with Crippen LogP contribution in [-0.2, 0) is 9.53 Å². The van der Waals surface area contributed by atoms with Crippen molar-refractivity contribution in [2.45, 2.75) is 30.7 Å². The number of alkyl halides is 2. The normalized spacial score (nSPS) is 46.1. The van der Waals surface area contributed by atoms with E-state index in [4.69, 9.17) is 4.74 Å². The van der Waals surface area contributed by atoms with Crippen LogP contribution in [0.25, 0.3) is 0 Å². The predicted octanol–water partition coefficient (Wildman–Crippen LogP) is 1.03. The summed E-state index contributed by atoms with van der Waals surface area (Å²) in [5.74, 6) is -2.90. The van der Waals surface area contributed by atoms with Crippen LogP contribution < -0.4 is 0 Å². The summed E-state index contributed by atoms with van der Waals surface area (Å²) in [6.07, 6.45) is 0.881. The SMILES string of the molecule is COC(=O)[C@@]12CCN1C[C@@]1(CC1(F)F)C2. The summed E-state index contributed by atoms with van der Waals surface area (Å²) < 4.78 is 31.2. The molecule has 3 fully saturated rings. The number of ether oxygens (including phenoxy) is 1. The van der Waals surface area contributed by atoms with E-state index < -0.39 is 16.9 Å². The average molecular weight is 217 g/mol. The van der Waals surface area contributed by atoms with Crippen molar-refractivity contribution in [3.63, 3.8) is 0 Å². The highest BCUT2D eigenvalue weighted by atomic mass is 19.3. The lowest BCUT2D eigenvalue weighted by Gasteiger charge is -2.45. The van der Waals surface area contributed by atoms with Gasteiger partial charge in [0.05, 0.1) is 12.5 Å². The van der Waals surface area contributed by atoms with Crippen LogP contribution in [0.4, 0.5) is 8.78 Å². The Labute approximate surface area is 86.4 Å². The second-order valence-electron chi connectivity index (χ2n) is 5.03.